The van der Waals surface area contributed by atoms with Crippen LogP contribution < -0.4 is 39.4 Å². The third kappa shape index (κ3) is 8.66. The van der Waals surface area contributed by atoms with Crippen LogP contribution in [0.2, 0.25) is 0 Å². The monoisotopic (exact) mass is 400 g/mol. The van der Waals surface area contributed by atoms with E-state index < -0.39 is 10.1 Å². The van der Waals surface area contributed by atoms with Crippen molar-refractivity contribution in [2.45, 2.75) is 56.8 Å². The van der Waals surface area contributed by atoms with Gasteiger partial charge in [0.1, 0.15) is 11.5 Å². The molecule has 2 aromatic carbocycles. The molecule has 7 heteroatoms. The molecular weight excluding hydrogens is 375 g/mol. The van der Waals surface area contributed by atoms with Crippen molar-refractivity contribution >= 4 is 10.1 Å². The molecule has 2 aromatic rings. The van der Waals surface area contributed by atoms with Gasteiger partial charge in [-0.05, 0) is 42.7 Å². The molecule has 0 saturated heterocycles. The summed E-state index contributed by atoms with van der Waals surface area (Å²) >= 11 is 0. The fourth-order valence-electron chi connectivity index (χ4n) is 2.74. The van der Waals surface area contributed by atoms with Gasteiger partial charge in [0.2, 0.25) is 0 Å². The molecule has 0 saturated carbocycles. The molecule has 0 radical (unpaired) electrons. The third-order valence-corrected chi connectivity index (χ3v) is 4.95. The first-order valence-electron chi connectivity index (χ1n) is 8.95. The molecule has 0 aliphatic rings. The van der Waals surface area contributed by atoms with E-state index >= 15 is 0 Å². The Labute approximate surface area is 183 Å². The van der Waals surface area contributed by atoms with Gasteiger partial charge in [-0.15, -0.1) is 5.75 Å². The molecular formula is C20H25NaO5S. The van der Waals surface area contributed by atoms with E-state index in [1.165, 1.54) is 55.7 Å². The molecule has 27 heavy (non-hydrogen) atoms. The summed E-state index contributed by atoms with van der Waals surface area (Å²) in [4.78, 5) is -0.184. The van der Waals surface area contributed by atoms with Crippen molar-refractivity contribution in [1.82, 2.24) is 0 Å². The van der Waals surface area contributed by atoms with Crippen molar-refractivity contribution in [1.29, 1.82) is 0 Å². The maximum absolute atomic E-state index is 11.5. The smallest absolute Gasteiger partial charge is 0.872 e. The molecule has 0 unspecified atom stereocenters. The van der Waals surface area contributed by atoms with Crippen molar-refractivity contribution in [3.63, 3.8) is 0 Å². The van der Waals surface area contributed by atoms with Gasteiger partial charge in [0.15, 0.2) is 0 Å². The van der Waals surface area contributed by atoms with Crippen molar-refractivity contribution < 1.29 is 52.4 Å². The standard InChI is InChI=1S/C20H26O5S.Na/c1-2-3-4-5-6-7-8-16-13-19(15-20(14-16)26(22,23)24)25-18-11-9-17(21)10-12-18;/h9-15,21H,2-8H2,1H3,(H,22,23,24);/q;+1/p-1. The van der Waals surface area contributed by atoms with Crippen LogP contribution in [0, 0.1) is 0 Å². The predicted octanol–water partition coefficient (Wildman–Crippen LogP) is 1.71. The molecule has 0 fully saturated rings. The Morgan fingerprint density at radius 1 is 0.926 bits per heavy atom. The quantitative estimate of drug-likeness (QED) is 0.373. The Bertz CT molecular complexity index is 804. The van der Waals surface area contributed by atoms with Crippen molar-refractivity contribution in [2.24, 2.45) is 0 Å². The first-order valence-corrected chi connectivity index (χ1v) is 10.4. The number of unbranched alkanes of at least 4 members (excludes halogenated alkanes) is 5. The van der Waals surface area contributed by atoms with E-state index in [0.717, 1.165) is 24.8 Å². The van der Waals surface area contributed by atoms with Gasteiger partial charge in [0.05, 0.1) is 4.90 Å². The van der Waals surface area contributed by atoms with Crippen LogP contribution in [0.1, 0.15) is 51.0 Å². The van der Waals surface area contributed by atoms with Crippen LogP contribution in [0.25, 0.3) is 0 Å². The van der Waals surface area contributed by atoms with E-state index in [2.05, 4.69) is 6.92 Å². The molecule has 0 aliphatic carbocycles. The minimum Gasteiger partial charge on any atom is -0.872 e. The molecule has 5 nitrogen and oxygen atoms in total. The molecule has 0 spiro atoms. The minimum absolute atomic E-state index is 0. The van der Waals surface area contributed by atoms with Crippen LogP contribution in [0.15, 0.2) is 47.4 Å². The molecule has 0 amide bonds. The van der Waals surface area contributed by atoms with Crippen molar-refractivity contribution in [2.75, 3.05) is 0 Å². The number of aryl methyl sites for hydroxylation is 1. The Morgan fingerprint density at radius 2 is 1.56 bits per heavy atom. The van der Waals surface area contributed by atoms with Crippen LogP contribution in [0.4, 0.5) is 0 Å². The SMILES string of the molecule is CCCCCCCCc1cc(Oc2ccc([O-])cc2)cc(S(=O)(=O)O)c1.[Na+]. The van der Waals surface area contributed by atoms with E-state index in [-0.39, 0.29) is 40.2 Å². The number of ether oxygens (including phenoxy) is 1. The van der Waals surface area contributed by atoms with Gasteiger partial charge < -0.3 is 9.84 Å². The summed E-state index contributed by atoms with van der Waals surface area (Å²) in [6, 6.07) is 10.3. The van der Waals surface area contributed by atoms with E-state index in [0.29, 0.717) is 17.9 Å². The Kier molecular flexibility index (Phi) is 10.4. The normalized spacial score (nSPS) is 11.0. The summed E-state index contributed by atoms with van der Waals surface area (Å²) in [5.74, 6) is 0.621. The molecule has 142 valence electrons. The number of hydrogen-bond donors (Lipinski definition) is 1. The largest absolute Gasteiger partial charge is 1.00 e. The summed E-state index contributed by atoms with van der Waals surface area (Å²) in [5.41, 5.74) is 0.797. The zero-order valence-corrected chi connectivity index (χ0v) is 18.8. The van der Waals surface area contributed by atoms with Crippen molar-refractivity contribution in [3.05, 3.63) is 48.0 Å². The zero-order chi connectivity index (χ0) is 19.0. The topological polar surface area (TPSA) is 86.7 Å². The average Bonchev–Trinajstić information content (AvgIpc) is 2.59. The summed E-state index contributed by atoms with van der Waals surface area (Å²) in [5, 5.41) is 11.2. The van der Waals surface area contributed by atoms with Gasteiger partial charge in [-0.3, -0.25) is 4.55 Å². The Hall–Kier alpha value is -1.05. The second kappa shape index (κ2) is 11.7. The second-order valence-corrected chi connectivity index (χ2v) is 7.80. The van der Waals surface area contributed by atoms with Gasteiger partial charge in [0.25, 0.3) is 10.1 Å². The van der Waals surface area contributed by atoms with Gasteiger partial charge in [-0.1, -0.05) is 51.2 Å². The molecule has 2 rings (SSSR count). The van der Waals surface area contributed by atoms with Crippen LogP contribution >= 0.6 is 0 Å². The molecule has 0 aliphatic heterocycles. The minimum atomic E-state index is -4.32. The van der Waals surface area contributed by atoms with E-state index in [4.69, 9.17) is 4.74 Å². The molecule has 0 atom stereocenters. The molecule has 0 bridgehead atoms. The van der Waals surface area contributed by atoms with Crippen LogP contribution in [-0.4, -0.2) is 13.0 Å². The van der Waals surface area contributed by atoms with E-state index in [1.54, 1.807) is 6.07 Å². The first kappa shape index (κ1) is 24.0. The maximum atomic E-state index is 11.5. The van der Waals surface area contributed by atoms with Crippen molar-refractivity contribution in [3.8, 4) is 17.2 Å². The molecule has 1 N–H and O–H groups in total. The number of rotatable bonds is 10. The summed E-state index contributed by atoms with van der Waals surface area (Å²) in [6.07, 6.45) is 7.55. The van der Waals surface area contributed by atoms with Gasteiger partial charge >= 0.3 is 29.6 Å². The Morgan fingerprint density at radius 3 is 2.19 bits per heavy atom. The number of hydrogen-bond acceptors (Lipinski definition) is 4. The fourth-order valence-corrected chi connectivity index (χ4v) is 3.30. The van der Waals surface area contributed by atoms with Crippen LogP contribution in [0.3, 0.4) is 0 Å². The van der Waals surface area contributed by atoms with Gasteiger partial charge in [-0.2, -0.15) is 8.42 Å². The van der Waals surface area contributed by atoms with Gasteiger partial charge in [0, 0.05) is 6.07 Å². The van der Waals surface area contributed by atoms with Crippen LogP contribution in [-0.2, 0) is 16.5 Å². The van der Waals surface area contributed by atoms with E-state index in [1.807, 2.05) is 0 Å². The Balaban J connectivity index is 0.00000364. The fraction of sp³-hybridized carbons (Fsp3) is 0.400. The average molecular weight is 400 g/mol. The van der Waals surface area contributed by atoms with Crippen LogP contribution in [0.5, 0.6) is 17.2 Å². The molecule has 0 aromatic heterocycles. The van der Waals surface area contributed by atoms with E-state index in [9.17, 15) is 18.1 Å². The summed E-state index contributed by atoms with van der Waals surface area (Å²) in [7, 11) is -4.32. The first-order chi connectivity index (χ1) is 12.4. The third-order valence-electron chi connectivity index (χ3n) is 4.12. The number of benzene rings is 2. The summed E-state index contributed by atoms with van der Waals surface area (Å²) < 4.78 is 38.1. The summed E-state index contributed by atoms with van der Waals surface area (Å²) in [6.45, 7) is 2.17. The predicted molar refractivity (Wildman–Crippen MR) is 99.3 cm³/mol. The molecule has 0 heterocycles. The second-order valence-electron chi connectivity index (χ2n) is 6.38. The maximum Gasteiger partial charge on any atom is 1.00 e. The zero-order valence-electron chi connectivity index (χ0n) is 16.0. The van der Waals surface area contributed by atoms with Gasteiger partial charge in [-0.25, -0.2) is 0 Å².